The van der Waals surface area contributed by atoms with Gasteiger partial charge in [-0.2, -0.15) is 0 Å². The summed E-state index contributed by atoms with van der Waals surface area (Å²) < 4.78 is 0. The minimum Gasteiger partial charge on any atom is -0.376 e. The number of nitrogens with zero attached hydrogens (tertiary/aromatic N) is 1. The Hall–Kier alpha value is -1.68. The number of nitrogens with one attached hydrogen (secondary N) is 2. The van der Waals surface area contributed by atoms with Crippen molar-refractivity contribution in [2.24, 2.45) is 0 Å². The van der Waals surface area contributed by atoms with E-state index in [9.17, 15) is 0 Å². The van der Waals surface area contributed by atoms with E-state index >= 15 is 0 Å². The molecule has 0 radical (unpaired) electrons. The van der Waals surface area contributed by atoms with Gasteiger partial charge in [0.25, 0.3) is 0 Å². The molecule has 0 spiro atoms. The predicted molar refractivity (Wildman–Crippen MR) is 94.2 cm³/mol. The van der Waals surface area contributed by atoms with Crippen LogP contribution in [0.3, 0.4) is 0 Å². The maximum absolute atomic E-state index is 4.95. The number of thioether (sulfide) groups is 1. The molecular weight excluding hydrogens is 290 g/mol. The van der Waals surface area contributed by atoms with Crippen molar-refractivity contribution >= 4 is 22.8 Å². The fourth-order valence-corrected chi connectivity index (χ4v) is 3.49. The summed E-state index contributed by atoms with van der Waals surface area (Å²) in [5.41, 5.74) is 7.46. The number of hydrogen-bond acceptors (Lipinski definition) is 3. The first kappa shape index (κ1) is 13.9. The highest BCUT2D eigenvalue weighted by Gasteiger charge is 2.25. The van der Waals surface area contributed by atoms with Crippen LogP contribution in [0.4, 0.5) is 0 Å². The number of H-pyrrole nitrogens is 1. The molecule has 2 aromatic rings. The fourth-order valence-electron chi connectivity index (χ4n) is 3.05. The normalized spacial score (nSPS) is 21.0. The molecule has 1 aliphatic heterocycles. The van der Waals surface area contributed by atoms with Gasteiger partial charge in [-0.25, -0.2) is 0 Å². The number of aromatic amines is 1. The van der Waals surface area contributed by atoms with Gasteiger partial charge in [-0.3, -0.25) is 4.98 Å². The van der Waals surface area contributed by atoms with E-state index in [0.717, 1.165) is 17.5 Å². The Morgan fingerprint density at radius 3 is 2.86 bits per heavy atom. The number of dihydropyridines is 1. The van der Waals surface area contributed by atoms with E-state index in [4.69, 9.17) is 4.98 Å². The molecule has 1 unspecified atom stereocenters. The quantitative estimate of drug-likeness (QED) is 0.896. The van der Waals surface area contributed by atoms with E-state index < -0.39 is 0 Å². The highest BCUT2D eigenvalue weighted by Crippen LogP contribution is 2.40. The lowest BCUT2D eigenvalue weighted by atomic mass is 10.0. The van der Waals surface area contributed by atoms with Crippen LogP contribution in [0.1, 0.15) is 35.7 Å². The lowest BCUT2D eigenvalue weighted by molar-refractivity contribution is 0.889. The Morgan fingerprint density at radius 2 is 2.18 bits per heavy atom. The van der Waals surface area contributed by atoms with Crippen LogP contribution in [0, 0.1) is 6.92 Å². The summed E-state index contributed by atoms with van der Waals surface area (Å²) in [6.07, 6.45) is 12.2. The Morgan fingerprint density at radius 1 is 1.32 bits per heavy atom. The van der Waals surface area contributed by atoms with Gasteiger partial charge in [0.15, 0.2) is 0 Å². The smallest absolute Gasteiger partial charge is 0.0920 e. The van der Waals surface area contributed by atoms with Crippen LogP contribution in [-0.4, -0.2) is 21.6 Å². The summed E-state index contributed by atoms with van der Waals surface area (Å²) >= 11 is 1.81. The highest BCUT2D eigenvalue weighted by molar-refractivity contribution is 7.99. The van der Waals surface area contributed by atoms with Crippen molar-refractivity contribution < 1.29 is 0 Å². The minimum atomic E-state index is 0.396. The number of rotatable bonds is 4. The van der Waals surface area contributed by atoms with Crippen LogP contribution in [0.5, 0.6) is 0 Å². The molecule has 0 aromatic carbocycles. The third-order valence-electron chi connectivity index (χ3n) is 4.53. The monoisotopic (exact) mass is 311 g/mol. The molecule has 1 aliphatic carbocycles. The van der Waals surface area contributed by atoms with Crippen LogP contribution >= 0.6 is 11.8 Å². The standard InChI is InChI=1S/C18H21N3S/c1-11-14(9-12-3-8-17(22-2)19-10-12)18-16(20-11)7-6-15(21-18)13-4-5-13/h3,6-8,10,13,17,19-20H,4-5,9H2,1-2H3. The van der Waals surface area contributed by atoms with E-state index in [-0.39, 0.29) is 0 Å². The van der Waals surface area contributed by atoms with Gasteiger partial charge in [0.05, 0.1) is 16.4 Å². The number of pyridine rings is 1. The fraction of sp³-hybridized carbons (Fsp3) is 0.389. The first-order valence-corrected chi connectivity index (χ1v) is 9.17. The van der Waals surface area contributed by atoms with E-state index in [2.05, 4.69) is 54.0 Å². The molecule has 1 saturated carbocycles. The largest absolute Gasteiger partial charge is 0.376 e. The van der Waals surface area contributed by atoms with Gasteiger partial charge in [-0.05, 0) is 43.7 Å². The van der Waals surface area contributed by atoms with Gasteiger partial charge in [-0.1, -0.05) is 12.2 Å². The Labute approximate surface area is 135 Å². The third kappa shape index (κ3) is 2.56. The molecule has 2 aromatic heterocycles. The number of fused-ring (bicyclic) bond motifs is 1. The maximum Gasteiger partial charge on any atom is 0.0920 e. The maximum atomic E-state index is 4.95. The van der Waals surface area contributed by atoms with Crippen molar-refractivity contribution in [3.8, 4) is 0 Å². The summed E-state index contributed by atoms with van der Waals surface area (Å²) in [5.74, 6) is 0.699. The molecule has 3 nitrogen and oxygen atoms in total. The van der Waals surface area contributed by atoms with Gasteiger partial charge in [0.2, 0.25) is 0 Å². The molecular formula is C18H21N3S. The van der Waals surface area contributed by atoms with Crippen molar-refractivity contribution in [3.05, 3.63) is 53.0 Å². The van der Waals surface area contributed by atoms with E-state index in [1.165, 1.54) is 35.4 Å². The molecule has 114 valence electrons. The van der Waals surface area contributed by atoms with Crippen LogP contribution in [0.15, 0.2) is 36.1 Å². The lowest BCUT2D eigenvalue weighted by Crippen LogP contribution is -2.21. The van der Waals surface area contributed by atoms with Gasteiger partial charge in [0, 0.05) is 35.5 Å². The molecule has 1 atom stereocenters. The Kier molecular flexibility index (Phi) is 3.49. The second kappa shape index (κ2) is 5.51. The Bertz CT molecular complexity index is 768. The first-order chi connectivity index (χ1) is 10.7. The molecule has 2 N–H and O–H groups in total. The van der Waals surface area contributed by atoms with Crippen molar-refractivity contribution in [2.75, 3.05) is 6.26 Å². The number of aromatic nitrogens is 2. The third-order valence-corrected chi connectivity index (χ3v) is 5.33. The highest BCUT2D eigenvalue weighted by atomic mass is 32.2. The molecule has 2 aliphatic rings. The summed E-state index contributed by atoms with van der Waals surface area (Å²) in [6, 6.07) is 4.38. The van der Waals surface area contributed by atoms with E-state index in [0.29, 0.717) is 11.3 Å². The van der Waals surface area contributed by atoms with Gasteiger partial charge < -0.3 is 10.3 Å². The molecule has 4 heteroatoms. The summed E-state index contributed by atoms with van der Waals surface area (Å²) in [4.78, 5) is 8.43. The predicted octanol–water partition coefficient (Wildman–Crippen LogP) is 4.02. The second-order valence-electron chi connectivity index (χ2n) is 6.21. The summed E-state index contributed by atoms with van der Waals surface area (Å²) in [7, 11) is 0. The number of aryl methyl sites for hydroxylation is 1. The number of allylic oxidation sites excluding steroid dienone is 2. The SMILES string of the molecule is CSC1C=CC(Cc2c(C)[nH]c3ccc(C4CC4)nc23)=CN1. The zero-order valence-corrected chi connectivity index (χ0v) is 13.8. The van der Waals surface area contributed by atoms with Crippen LogP contribution in [0.2, 0.25) is 0 Å². The van der Waals surface area contributed by atoms with Gasteiger partial charge in [-0.15, -0.1) is 11.8 Å². The average Bonchev–Trinajstić information content (AvgIpc) is 3.34. The summed E-state index contributed by atoms with van der Waals surface area (Å²) in [6.45, 7) is 2.15. The van der Waals surface area contributed by atoms with Crippen molar-refractivity contribution in [1.82, 2.24) is 15.3 Å². The lowest BCUT2D eigenvalue weighted by Gasteiger charge is -2.16. The van der Waals surface area contributed by atoms with Crippen LogP contribution in [0.25, 0.3) is 11.0 Å². The topological polar surface area (TPSA) is 40.7 Å². The van der Waals surface area contributed by atoms with Gasteiger partial charge >= 0.3 is 0 Å². The molecule has 1 fully saturated rings. The van der Waals surface area contributed by atoms with Gasteiger partial charge in [0.1, 0.15) is 0 Å². The molecule has 3 heterocycles. The molecule has 22 heavy (non-hydrogen) atoms. The zero-order valence-electron chi connectivity index (χ0n) is 13.0. The molecule has 0 amide bonds. The van der Waals surface area contributed by atoms with Crippen molar-refractivity contribution in [3.63, 3.8) is 0 Å². The van der Waals surface area contributed by atoms with E-state index in [1.54, 1.807) is 0 Å². The molecule has 0 bridgehead atoms. The molecule has 0 saturated heterocycles. The van der Waals surface area contributed by atoms with Crippen LogP contribution < -0.4 is 5.32 Å². The minimum absolute atomic E-state index is 0.396. The molecule has 4 rings (SSSR count). The number of hydrogen-bond donors (Lipinski definition) is 2. The summed E-state index contributed by atoms with van der Waals surface area (Å²) in [5, 5.41) is 3.82. The zero-order chi connectivity index (χ0) is 15.1. The van der Waals surface area contributed by atoms with Crippen molar-refractivity contribution in [2.45, 2.75) is 37.5 Å². The van der Waals surface area contributed by atoms with Crippen molar-refractivity contribution in [1.29, 1.82) is 0 Å². The Balaban J connectivity index is 1.66. The second-order valence-corrected chi connectivity index (χ2v) is 7.19. The first-order valence-electron chi connectivity index (χ1n) is 7.89. The van der Waals surface area contributed by atoms with Crippen LogP contribution in [-0.2, 0) is 6.42 Å². The average molecular weight is 311 g/mol. The van der Waals surface area contributed by atoms with E-state index in [1.807, 2.05) is 11.8 Å².